The third-order valence-electron chi connectivity index (χ3n) is 3.21. The van der Waals surface area contributed by atoms with Gasteiger partial charge in [-0.05, 0) is 42.5 Å². The number of rotatable bonds is 5. The lowest BCUT2D eigenvalue weighted by atomic mass is 10.2. The number of carbonyl (C=O) groups excluding carboxylic acids is 2. The Morgan fingerprint density at radius 1 is 1.12 bits per heavy atom. The molecule has 1 amide bonds. The molecule has 26 heavy (non-hydrogen) atoms. The summed E-state index contributed by atoms with van der Waals surface area (Å²) >= 11 is 5.81. The molecule has 0 radical (unpaired) electrons. The van der Waals surface area contributed by atoms with Crippen molar-refractivity contribution >= 4 is 29.2 Å². The van der Waals surface area contributed by atoms with Crippen LogP contribution >= 0.6 is 11.6 Å². The van der Waals surface area contributed by atoms with Crippen LogP contribution in [-0.2, 0) is 15.7 Å². The van der Waals surface area contributed by atoms with E-state index in [2.05, 4.69) is 5.32 Å². The van der Waals surface area contributed by atoms with Gasteiger partial charge < -0.3 is 14.8 Å². The Bertz CT molecular complexity index is 807. The highest BCUT2D eigenvalue weighted by Gasteiger charge is 2.30. The van der Waals surface area contributed by atoms with Gasteiger partial charge in [-0.1, -0.05) is 11.6 Å². The van der Waals surface area contributed by atoms with Crippen LogP contribution in [0.15, 0.2) is 42.5 Å². The third kappa shape index (κ3) is 5.13. The van der Waals surface area contributed by atoms with E-state index in [9.17, 15) is 22.8 Å². The minimum atomic E-state index is -4.46. The van der Waals surface area contributed by atoms with E-state index in [4.69, 9.17) is 21.1 Å². The summed E-state index contributed by atoms with van der Waals surface area (Å²) in [5, 5.41) is 2.61. The van der Waals surface area contributed by atoms with Crippen molar-refractivity contribution < 1.29 is 32.2 Å². The molecule has 0 aliphatic carbocycles. The summed E-state index contributed by atoms with van der Waals surface area (Å²) < 4.78 is 47.3. The molecule has 0 saturated carbocycles. The van der Waals surface area contributed by atoms with E-state index in [1.165, 1.54) is 25.3 Å². The van der Waals surface area contributed by atoms with Gasteiger partial charge in [0.25, 0.3) is 5.91 Å². The molecular formula is C17H13ClF3NO4. The number of methoxy groups -OCH3 is 1. The molecule has 0 bridgehead atoms. The summed E-state index contributed by atoms with van der Waals surface area (Å²) in [6.07, 6.45) is -4.46. The van der Waals surface area contributed by atoms with Gasteiger partial charge in [0.2, 0.25) is 0 Å². The zero-order valence-corrected chi connectivity index (χ0v) is 14.1. The van der Waals surface area contributed by atoms with Crippen LogP contribution in [0.1, 0.15) is 15.9 Å². The summed E-state index contributed by atoms with van der Waals surface area (Å²) in [7, 11) is 1.36. The molecule has 0 atom stereocenters. The summed E-state index contributed by atoms with van der Waals surface area (Å²) in [6, 6.07) is 8.19. The van der Waals surface area contributed by atoms with Crippen LogP contribution < -0.4 is 10.1 Å². The number of ether oxygens (including phenoxy) is 2. The molecule has 0 aromatic heterocycles. The van der Waals surface area contributed by atoms with Crippen LogP contribution in [0.4, 0.5) is 18.9 Å². The van der Waals surface area contributed by atoms with Gasteiger partial charge in [0.1, 0.15) is 11.3 Å². The highest BCUT2D eigenvalue weighted by molar-refractivity contribution is 6.31. The van der Waals surface area contributed by atoms with Crippen molar-refractivity contribution in [2.24, 2.45) is 0 Å². The molecule has 0 fully saturated rings. The number of alkyl halides is 3. The van der Waals surface area contributed by atoms with Gasteiger partial charge in [0.05, 0.1) is 12.7 Å². The van der Waals surface area contributed by atoms with E-state index in [0.29, 0.717) is 0 Å². The van der Waals surface area contributed by atoms with Crippen LogP contribution in [0, 0.1) is 0 Å². The van der Waals surface area contributed by atoms with Crippen LogP contribution in [0.25, 0.3) is 0 Å². The molecule has 2 rings (SSSR count). The molecule has 5 nitrogen and oxygen atoms in total. The molecule has 1 N–H and O–H groups in total. The lowest BCUT2D eigenvalue weighted by molar-refractivity contribution is -0.137. The smallest absolute Gasteiger partial charge is 0.416 e. The quantitative estimate of drug-likeness (QED) is 0.782. The molecule has 0 aliphatic rings. The molecular weight excluding hydrogens is 375 g/mol. The number of amides is 1. The first-order valence-electron chi connectivity index (χ1n) is 7.18. The van der Waals surface area contributed by atoms with Crippen molar-refractivity contribution in [2.45, 2.75) is 6.18 Å². The molecule has 0 unspecified atom stereocenters. The van der Waals surface area contributed by atoms with Crippen molar-refractivity contribution in [2.75, 3.05) is 19.0 Å². The van der Waals surface area contributed by atoms with Gasteiger partial charge in [0, 0.05) is 10.7 Å². The fraction of sp³-hybridized carbons (Fsp3) is 0.176. The number of carbonyl (C=O) groups is 2. The van der Waals surface area contributed by atoms with Crippen molar-refractivity contribution in [1.82, 2.24) is 0 Å². The van der Waals surface area contributed by atoms with E-state index >= 15 is 0 Å². The number of anilines is 1. The van der Waals surface area contributed by atoms with E-state index in [1.807, 2.05) is 0 Å². The standard InChI is InChI=1S/C17H13ClF3NO4/c1-25-14-7-4-11(18)8-13(14)16(24)26-9-15(23)22-12-5-2-10(3-6-12)17(19,20)21/h2-8H,9H2,1H3,(H,22,23). The van der Waals surface area contributed by atoms with E-state index in [0.717, 1.165) is 24.3 Å². The monoisotopic (exact) mass is 387 g/mol. The highest BCUT2D eigenvalue weighted by Crippen LogP contribution is 2.29. The van der Waals surface area contributed by atoms with E-state index in [1.54, 1.807) is 0 Å². The molecule has 2 aromatic rings. The Labute approximate surface area is 151 Å². The van der Waals surface area contributed by atoms with Gasteiger partial charge in [-0.2, -0.15) is 13.2 Å². The Balaban J connectivity index is 1.94. The van der Waals surface area contributed by atoms with Crippen LogP contribution in [0.3, 0.4) is 0 Å². The first-order chi connectivity index (χ1) is 12.2. The fourth-order valence-electron chi connectivity index (χ4n) is 1.99. The SMILES string of the molecule is COc1ccc(Cl)cc1C(=O)OCC(=O)Nc1ccc(C(F)(F)F)cc1. The maximum atomic E-state index is 12.5. The highest BCUT2D eigenvalue weighted by atomic mass is 35.5. The lowest BCUT2D eigenvalue weighted by Crippen LogP contribution is -2.21. The molecule has 0 spiro atoms. The minimum Gasteiger partial charge on any atom is -0.496 e. The van der Waals surface area contributed by atoms with Crippen LogP contribution in [0.5, 0.6) is 5.75 Å². The first kappa shape index (κ1) is 19.6. The predicted molar refractivity (Wildman–Crippen MR) is 88.4 cm³/mol. The first-order valence-corrected chi connectivity index (χ1v) is 7.56. The predicted octanol–water partition coefficient (Wildman–Crippen LogP) is 4.16. The molecule has 138 valence electrons. The summed E-state index contributed by atoms with van der Waals surface area (Å²) in [6.45, 7) is -0.629. The Morgan fingerprint density at radius 3 is 2.35 bits per heavy atom. The Hall–Kier alpha value is -2.74. The number of halogens is 4. The largest absolute Gasteiger partial charge is 0.496 e. The summed E-state index contributed by atoms with van der Waals surface area (Å²) in [5.41, 5.74) is -0.656. The normalized spacial score (nSPS) is 11.0. The topological polar surface area (TPSA) is 64.6 Å². The zero-order valence-electron chi connectivity index (χ0n) is 13.4. The average molecular weight is 388 g/mol. The maximum absolute atomic E-state index is 12.5. The average Bonchev–Trinajstić information content (AvgIpc) is 2.59. The number of esters is 1. The Morgan fingerprint density at radius 2 is 1.77 bits per heavy atom. The number of hydrogen-bond donors (Lipinski definition) is 1. The molecule has 2 aromatic carbocycles. The minimum absolute atomic E-state index is 0.0438. The summed E-state index contributed by atoms with van der Waals surface area (Å²) in [4.78, 5) is 23.8. The van der Waals surface area contributed by atoms with E-state index < -0.39 is 30.2 Å². The molecule has 0 aliphatic heterocycles. The van der Waals surface area contributed by atoms with Gasteiger partial charge in [-0.15, -0.1) is 0 Å². The van der Waals surface area contributed by atoms with E-state index in [-0.39, 0.29) is 22.0 Å². The van der Waals surface area contributed by atoms with Crippen molar-refractivity contribution in [3.05, 3.63) is 58.6 Å². The van der Waals surface area contributed by atoms with Crippen molar-refractivity contribution in [1.29, 1.82) is 0 Å². The van der Waals surface area contributed by atoms with Gasteiger partial charge in [-0.3, -0.25) is 4.79 Å². The van der Waals surface area contributed by atoms with Crippen LogP contribution in [0.2, 0.25) is 5.02 Å². The van der Waals surface area contributed by atoms with Crippen molar-refractivity contribution in [3.8, 4) is 5.75 Å². The molecule has 0 saturated heterocycles. The van der Waals surface area contributed by atoms with Crippen molar-refractivity contribution in [3.63, 3.8) is 0 Å². The van der Waals surface area contributed by atoms with Gasteiger partial charge in [0.15, 0.2) is 6.61 Å². The number of benzene rings is 2. The zero-order chi connectivity index (χ0) is 19.3. The van der Waals surface area contributed by atoms with Crippen LogP contribution in [-0.4, -0.2) is 25.6 Å². The van der Waals surface area contributed by atoms with Gasteiger partial charge >= 0.3 is 12.1 Å². The number of nitrogens with one attached hydrogen (secondary N) is 1. The molecule has 9 heteroatoms. The third-order valence-corrected chi connectivity index (χ3v) is 3.45. The number of hydrogen-bond acceptors (Lipinski definition) is 4. The second-order valence-corrected chi connectivity index (χ2v) is 5.48. The second kappa shape index (κ2) is 8.09. The lowest BCUT2D eigenvalue weighted by Gasteiger charge is -2.10. The molecule has 0 heterocycles. The Kier molecular flexibility index (Phi) is 6.10. The fourth-order valence-corrected chi connectivity index (χ4v) is 2.16. The maximum Gasteiger partial charge on any atom is 0.416 e. The van der Waals surface area contributed by atoms with Gasteiger partial charge in [-0.25, -0.2) is 4.79 Å². The summed E-state index contributed by atoms with van der Waals surface area (Å²) in [5.74, 6) is -1.31. The second-order valence-electron chi connectivity index (χ2n) is 5.04.